The molecule has 0 nitrogen and oxygen atoms in total. The van der Waals surface area contributed by atoms with E-state index in [-0.39, 0.29) is 0 Å². The molecule has 0 rings (SSSR count). The number of hydrogen-bond donors (Lipinski definition) is 0. The van der Waals surface area contributed by atoms with Crippen molar-refractivity contribution in [1.29, 1.82) is 0 Å². The molecule has 0 fully saturated rings. The molecule has 0 unspecified atom stereocenters. The Morgan fingerprint density at radius 1 is 0.667 bits per heavy atom. The van der Waals surface area contributed by atoms with E-state index in [0.29, 0.717) is 0 Å². The van der Waals surface area contributed by atoms with Gasteiger partial charge in [-0.1, -0.05) is 0 Å². The van der Waals surface area contributed by atoms with E-state index in [1.807, 2.05) is 0 Å². The van der Waals surface area contributed by atoms with Crippen molar-refractivity contribution < 1.29 is 0 Å². The normalized spacial score (nSPS) is 10.5. The van der Waals surface area contributed by atoms with Crippen molar-refractivity contribution in [2.45, 2.75) is 69.9 Å². The van der Waals surface area contributed by atoms with Crippen LogP contribution in [0.2, 0.25) is 5.21 Å². The Morgan fingerprint density at radius 3 is 1.50 bits per heavy atom. The molecule has 0 aliphatic heterocycles. The van der Waals surface area contributed by atoms with Gasteiger partial charge in [-0.25, -0.2) is 0 Å². The zero-order valence-electron chi connectivity index (χ0n) is 8.52. The fraction of sp³-hybridized carbons (Fsp3) is 1.00. The first kappa shape index (κ1) is 12.6. The molecule has 0 aromatic rings. The molecule has 0 aliphatic rings. The van der Waals surface area contributed by atoms with Crippen LogP contribution in [-0.4, -0.2) is 16.9 Å². The van der Waals surface area contributed by atoms with Crippen molar-refractivity contribution in [3.63, 3.8) is 0 Å². The zero-order valence-corrected chi connectivity index (χ0v) is 10.4. The summed E-state index contributed by atoms with van der Waals surface area (Å²) in [7, 11) is 0. The van der Waals surface area contributed by atoms with Crippen LogP contribution < -0.4 is 0 Å². The van der Waals surface area contributed by atoms with E-state index in [9.17, 15) is 0 Å². The third-order valence-electron chi connectivity index (χ3n) is 2.26. The van der Waals surface area contributed by atoms with E-state index in [1.165, 1.54) is 63.0 Å². The zero-order chi connectivity index (χ0) is 9.07. The quantitative estimate of drug-likeness (QED) is 0.413. The van der Waals surface area contributed by atoms with Crippen LogP contribution in [0.3, 0.4) is 0 Å². The molecule has 0 amide bonds. The fourth-order valence-electron chi connectivity index (χ4n) is 1.42. The van der Waals surface area contributed by atoms with Gasteiger partial charge in [-0.05, 0) is 0 Å². The maximum absolute atomic E-state index is 2.67. The summed E-state index contributed by atoms with van der Waals surface area (Å²) in [5.74, 6) is 0. The van der Waals surface area contributed by atoms with Crippen molar-refractivity contribution in [1.82, 2.24) is 0 Å². The molecular weight excluding hydrogens is 207 g/mol. The molecule has 0 bridgehead atoms. The van der Waals surface area contributed by atoms with Gasteiger partial charge in [0.2, 0.25) is 0 Å². The minimum atomic E-state index is 1.31. The molecule has 0 saturated carbocycles. The van der Waals surface area contributed by atoms with Gasteiger partial charge in [-0.2, -0.15) is 0 Å². The molecule has 0 aliphatic carbocycles. The van der Waals surface area contributed by atoms with Gasteiger partial charge in [-0.3, -0.25) is 0 Å². The predicted molar refractivity (Wildman–Crippen MR) is 57.8 cm³/mol. The van der Waals surface area contributed by atoms with Crippen LogP contribution in [0.1, 0.15) is 64.7 Å². The topological polar surface area (TPSA) is 0 Å². The molecule has 0 aromatic carbocycles. The Hall–Kier alpha value is 0.558. The summed E-state index contributed by atoms with van der Waals surface area (Å²) < 4.78 is 0. The van der Waals surface area contributed by atoms with E-state index < -0.39 is 0 Å². The van der Waals surface area contributed by atoms with E-state index >= 15 is 0 Å². The van der Waals surface area contributed by atoms with Crippen LogP contribution in [0.5, 0.6) is 0 Å². The molecule has 0 saturated heterocycles. The number of hydrogen-bond acceptors (Lipinski definition) is 0. The van der Waals surface area contributed by atoms with Crippen molar-refractivity contribution >= 4 is 16.9 Å². The van der Waals surface area contributed by atoms with Gasteiger partial charge in [-0.15, -0.1) is 0 Å². The maximum atomic E-state index is 2.67. The first-order valence-electron chi connectivity index (χ1n) is 5.52. The average molecular weight is 230 g/mol. The first-order chi connectivity index (χ1) is 5.91. The first-order valence-corrected chi connectivity index (χ1v) is 6.85. The third-order valence-corrected chi connectivity index (χ3v) is 2.93. The van der Waals surface area contributed by atoms with Gasteiger partial charge in [0.1, 0.15) is 0 Å². The number of rotatable bonds is 9. The van der Waals surface area contributed by atoms with E-state index in [4.69, 9.17) is 0 Å². The van der Waals surface area contributed by atoms with Crippen LogP contribution in [-0.2, 0) is 0 Å². The number of unbranched alkanes of at least 4 members (excludes halogenated alkanes) is 8. The molecular formula is C11H23As. The van der Waals surface area contributed by atoms with Gasteiger partial charge in [0.15, 0.2) is 0 Å². The molecule has 12 heavy (non-hydrogen) atoms. The molecule has 0 spiro atoms. The predicted octanol–water partition coefficient (Wildman–Crippen LogP) is 4.10. The summed E-state index contributed by atoms with van der Waals surface area (Å²) in [6.45, 7) is 2.28. The van der Waals surface area contributed by atoms with Crippen molar-refractivity contribution in [2.24, 2.45) is 0 Å². The SMILES string of the molecule is CCCCCCCCCCC[As]. The summed E-state index contributed by atoms with van der Waals surface area (Å²) >= 11 is 2.67. The van der Waals surface area contributed by atoms with Crippen LogP contribution in [0, 0.1) is 0 Å². The standard InChI is InChI=1S/C11H23As/c1-2-3-4-5-6-7-8-9-10-11-12/h2-11H2,1H3. The van der Waals surface area contributed by atoms with Crippen molar-refractivity contribution in [3.8, 4) is 0 Å². The van der Waals surface area contributed by atoms with Gasteiger partial charge < -0.3 is 0 Å². The van der Waals surface area contributed by atoms with E-state index in [1.54, 1.807) is 0 Å². The Bertz CT molecular complexity index is 61.4. The fourth-order valence-corrected chi connectivity index (χ4v) is 1.89. The Labute approximate surface area is 87.0 Å². The summed E-state index contributed by atoms with van der Waals surface area (Å²) in [4.78, 5) is 0. The Balaban J connectivity index is 2.73. The second-order valence-electron chi connectivity index (χ2n) is 3.55. The van der Waals surface area contributed by atoms with E-state index in [0.717, 1.165) is 0 Å². The van der Waals surface area contributed by atoms with Gasteiger partial charge in [0.05, 0.1) is 0 Å². The summed E-state index contributed by atoms with van der Waals surface area (Å²) in [5, 5.41) is 1.31. The van der Waals surface area contributed by atoms with Crippen LogP contribution in [0.4, 0.5) is 0 Å². The molecule has 72 valence electrons. The summed E-state index contributed by atoms with van der Waals surface area (Å²) in [5.41, 5.74) is 0. The second-order valence-corrected chi connectivity index (χ2v) is 4.49. The molecule has 0 aromatic heterocycles. The molecule has 0 atom stereocenters. The Kier molecular flexibility index (Phi) is 12.1. The van der Waals surface area contributed by atoms with Crippen LogP contribution >= 0.6 is 0 Å². The van der Waals surface area contributed by atoms with Crippen LogP contribution in [0.25, 0.3) is 0 Å². The van der Waals surface area contributed by atoms with Crippen molar-refractivity contribution in [3.05, 3.63) is 0 Å². The van der Waals surface area contributed by atoms with Gasteiger partial charge in [0.25, 0.3) is 0 Å². The van der Waals surface area contributed by atoms with E-state index in [2.05, 4.69) is 23.8 Å². The summed E-state index contributed by atoms with van der Waals surface area (Å²) in [6.07, 6.45) is 13.0. The Morgan fingerprint density at radius 2 is 1.08 bits per heavy atom. The molecule has 2 radical (unpaired) electrons. The third kappa shape index (κ3) is 10.6. The minimum absolute atomic E-state index is 1.31. The molecule has 0 heterocycles. The average Bonchev–Trinajstić information content (AvgIpc) is 2.10. The molecule has 0 N–H and O–H groups in total. The second kappa shape index (κ2) is 11.6. The van der Waals surface area contributed by atoms with Crippen molar-refractivity contribution in [2.75, 3.05) is 0 Å². The van der Waals surface area contributed by atoms with Gasteiger partial charge >= 0.3 is 86.8 Å². The monoisotopic (exact) mass is 230 g/mol. The van der Waals surface area contributed by atoms with Gasteiger partial charge in [0, 0.05) is 0 Å². The molecule has 1 heteroatoms. The summed E-state index contributed by atoms with van der Waals surface area (Å²) in [6, 6.07) is 0. The van der Waals surface area contributed by atoms with Crippen LogP contribution in [0.15, 0.2) is 0 Å².